The Morgan fingerprint density at radius 3 is 2.93 bits per heavy atom. The predicted molar refractivity (Wildman–Crippen MR) is 60.0 cm³/mol. The van der Waals surface area contributed by atoms with E-state index in [1.807, 2.05) is 29.6 Å². The fourth-order valence-electron chi connectivity index (χ4n) is 1.66. The highest BCUT2D eigenvalue weighted by Crippen LogP contribution is 2.25. The van der Waals surface area contributed by atoms with Gasteiger partial charge in [-0.3, -0.25) is 4.79 Å². The molecule has 0 amide bonds. The molecule has 68 valence electrons. The van der Waals surface area contributed by atoms with E-state index in [-0.39, 0.29) is 5.43 Å². The molecular formula is C11H7NOS. The summed E-state index contributed by atoms with van der Waals surface area (Å²) in [4.78, 5) is 14.7. The van der Waals surface area contributed by atoms with Crippen LogP contribution in [0.1, 0.15) is 0 Å². The average Bonchev–Trinajstić information content (AvgIpc) is 2.59. The smallest absolute Gasteiger partial charge is 0.204 e. The van der Waals surface area contributed by atoms with E-state index in [2.05, 4.69) is 4.98 Å². The van der Waals surface area contributed by atoms with Gasteiger partial charge >= 0.3 is 0 Å². The van der Waals surface area contributed by atoms with E-state index in [0.29, 0.717) is 0 Å². The SMILES string of the molecule is O=c1ccsc2c1[nH]c1ccccc12. The van der Waals surface area contributed by atoms with Gasteiger partial charge in [0.15, 0.2) is 0 Å². The first-order valence-electron chi connectivity index (χ1n) is 4.34. The second-order valence-corrected chi connectivity index (χ2v) is 4.08. The normalized spacial score (nSPS) is 11.1. The standard InChI is InChI=1S/C11H7NOS/c13-9-5-6-14-11-7-3-1-2-4-8(7)12-10(9)11/h1-6,12H. The molecule has 0 fully saturated rings. The van der Waals surface area contributed by atoms with Crippen LogP contribution < -0.4 is 5.43 Å². The molecule has 0 radical (unpaired) electrons. The predicted octanol–water partition coefficient (Wildman–Crippen LogP) is 2.74. The van der Waals surface area contributed by atoms with Gasteiger partial charge in [0.25, 0.3) is 0 Å². The third-order valence-corrected chi connectivity index (χ3v) is 3.24. The van der Waals surface area contributed by atoms with Gasteiger partial charge in [-0.25, -0.2) is 0 Å². The number of aromatic amines is 1. The molecule has 2 nitrogen and oxygen atoms in total. The van der Waals surface area contributed by atoms with Crippen LogP contribution in [0.5, 0.6) is 0 Å². The number of benzene rings is 1. The van der Waals surface area contributed by atoms with Crippen molar-refractivity contribution in [3.63, 3.8) is 0 Å². The maximum Gasteiger partial charge on any atom is 0.204 e. The Labute approximate surface area is 83.8 Å². The van der Waals surface area contributed by atoms with Crippen molar-refractivity contribution < 1.29 is 0 Å². The van der Waals surface area contributed by atoms with E-state index >= 15 is 0 Å². The lowest BCUT2D eigenvalue weighted by Gasteiger charge is -1.86. The number of rotatable bonds is 0. The summed E-state index contributed by atoms with van der Waals surface area (Å²) in [5.41, 5.74) is 1.82. The summed E-state index contributed by atoms with van der Waals surface area (Å²) in [6, 6.07) is 9.57. The molecule has 0 bridgehead atoms. The van der Waals surface area contributed by atoms with Gasteiger partial charge in [-0.05, 0) is 17.5 Å². The second-order valence-electron chi connectivity index (χ2n) is 3.16. The van der Waals surface area contributed by atoms with Crippen molar-refractivity contribution >= 4 is 32.5 Å². The highest BCUT2D eigenvalue weighted by molar-refractivity contribution is 7.17. The van der Waals surface area contributed by atoms with Crippen molar-refractivity contribution in [3.05, 3.63) is 45.9 Å². The highest BCUT2D eigenvalue weighted by Gasteiger charge is 2.05. The summed E-state index contributed by atoms with van der Waals surface area (Å²) in [7, 11) is 0. The van der Waals surface area contributed by atoms with Gasteiger partial charge in [0.05, 0.1) is 4.70 Å². The molecular weight excluding hydrogens is 194 g/mol. The zero-order valence-corrected chi connectivity index (χ0v) is 8.10. The Morgan fingerprint density at radius 1 is 1.14 bits per heavy atom. The minimum Gasteiger partial charge on any atom is -0.351 e. The summed E-state index contributed by atoms with van der Waals surface area (Å²) in [5.74, 6) is 0. The zero-order chi connectivity index (χ0) is 9.54. The minimum absolute atomic E-state index is 0.0648. The Bertz CT molecular complexity index is 665. The topological polar surface area (TPSA) is 32.9 Å². The minimum atomic E-state index is 0.0648. The summed E-state index contributed by atoms with van der Waals surface area (Å²) in [6.45, 7) is 0. The number of fused-ring (bicyclic) bond motifs is 3. The van der Waals surface area contributed by atoms with Gasteiger partial charge in [0.2, 0.25) is 5.43 Å². The Kier molecular flexibility index (Phi) is 1.49. The molecule has 1 aromatic carbocycles. The molecule has 0 aliphatic rings. The summed E-state index contributed by atoms with van der Waals surface area (Å²) < 4.78 is 1.05. The molecule has 0 saturated heterocycles. The summed E-state index contributed by atoms with van der Waals surface area (Å²) in [5, 5.41) is 2.97. The first kappa shape index (κ1) is 7.76. The number of hydrogen-bond donors (Lipinski definition) is 1. The first-order chi connectivity index (χ1) is 6.86. The fourth-order valence-corrected chi connectivity index (χ4v) is 2.56. The Balaban J connectivity index is 2.70. The van der Waals surface area contributed by atoms with E-state index in [0.717, 1.165) is 21.1 Å². The van der Waals surface area contributed by atoms with Crippen molar-refractivity contribution in [2.45, 2.75) is 0 Å². The molecule has 1 N–H and O–H groups in total. The largest absolute Gasteiger partial charge is 0.351 e. The maximum atomic E-state index is 11.5. The maximum absolute atomic E-state index is 11.5. The van der Waals surface area contributed by atoms with Crippen LogP contribution in [0.25, 0.3) is 21.1 Å². The number of H-pyrrole nitrogens is 1. The lowest BCUT2D eigenvalue weighted by atomic mass is 10.2. The van der Waals surface area contributed by atoms with Crippen LogP contribution in [0.2, 0.25) is 0 Å². The van der Waals surface area contributed by atoms with Crippen LogP contribution in [-0.4, -0.2) is 4.98 Å². The van der Waals surface area contributed by atoms with E-state index in [9.17, 15) is 4.79 Å². The Hall–Kier alpha value is -1.61. The van der Waals surface area contributed by atoms with Crippen LogP contribution in [0, 0.1) is 0 Å². The van der Waals surface area contributed by atoms with Crippen LogP contribution >= 0.6 is 11.3 Å². The molecule has 14 heavy (non-hydrogen) atoms. The lowest BCUT2D eigenvalue weighted by Crippen LogP contribution is -1.95. The molecule has 2 aromatic heterocycles. The monoisotopic (exact) mass is 201 g/mol. The molecule has 0 saturated carbocycles. The van der Waals surface area contributed by atoms with E-state index in [1.165, 1.54) is 0 Å². The van der Waals surface area contributed by atoms with Crippen LogP contribution in [0.4, 0.5) is 0 Å². The molecule has 3 rings (SSSR count). The third-order valence-electron chi connectivity index (χ3n) is 2.31. The number of aromatic nitrogens is 1. The van der Waals surface area contributed by atoms with Crippen LogP contribution in [-0.2, 0) is 0 Å². The van der Waals surface area contributed by atoms with E-state index in [4.69, 9.17) is 0 Å². The molecule has 0 unspecified atom stereocenters. The van der Waals surface area contributed by atoms with Gasteiger partial charge in [-0.2, -0.15) is 0 Å². The number of hydrogen-bond acceptors (Lipinski definition) is 2. The fraction of sp³-hybridized carbons (Fsp3) is 0. The van der Waals surface area contributed by atoms with Crippen molar-refractivity contribution in [1.29, 1.82) is 0 Å². The molecule has 0 aliphatic heterocycles. The summed E-state index contributed by atoms with van der Waals surface area (Å²) >= 11 is 1.60. The van der Waals surface area contributed by atoms with E-state index < -0.39 is 0 Å². The number of para-hydroxylation sites is 1. The van der Waals surface area contributed by atoms with Gasteiger partial charge in [0.1, 0.15) is 5.52 Å². The van der Waals surface area contributed by atoms with Gasteiger partial charge < -0.3 is 4.98 Å². The molecule has 0 atom stereocenters. The van der Waals surface area contributed by atoms with Crippen LogP contribution in [0.3, 0.4) is 0 Å². The van der Waals surface area contributed by atoms with Crippen molar-refractivity contribution in [1.82, 2.24) is 4.98 Å². The molecule has 3 heteroatoms. The Morgan fingerprint density at radius 2 is 2.00 bits per heavy atom. The third kappa shape index (κ3) is 0.930. The van der Waals surface area contributed by atoms with Gasteiger partial charge in [-0.15, -0.1) is 11.3 Å². The molecule has 0 aliphatic carbocycles. The molecule has 0 spiro atoms. The molecule has 2 heterocycles. The van der Waals surface area contributed by atoms with Crippen molar-refractivity contribution in [2.75, 3.05) is 0 Å². The lowest BCUT2D eigenvalue weighted by molar-refractivity contribution is 1.52. The van der Waals surface area contributed by atoms with Crippen LogP contribution in [0.15, 0.2) is 40.5 Å². The van der Waals surface area contributed by atoms with Crippen molar-refractivity contribution in [3.8, 4) is 0 Å². The molecule has 3 aromatic rings. The highest BCUT2D eigenvalue weighted by atomic mass is 32.1. The van der Waals surface area contributed by atoms with Crippen molar-refractivity contribution in [2.24, 2.45) is 0 Å². The second kappa shape index (κ2) is 2.69. The van der Waals surface area contributed by atoms with E-state index in [1.54, 1.807) is 17.4 Å². The van der Waals surface area contributed by atoms with Gasteiger partial charge in [0, 0.05) is 10.9 Å². The zero-order valence-electron chi connectivity index (χ0n) is 7.28. The number of nitrogens with one attached hydrogen (secondary N) is 1. The average molecular weight is 201 g/mol. The van der Waals surface area contributed by atoms with Gasteiger partial charge in [-0.1, -0.05) is 18.2 Å². The first-order valence-corrected chi connectivity index (χ1v) is 5.22. The quantitative estimate of drug-likeness (QED) is 0.596. The summed E-state index contributed by atoms with van der Waals surface area (Å²) in [6.07, 6.45) is 0.